The highest BCUT2D eigenvalue weighted by molar-refractivity contribution is 7.27. The van der Waals surface area contributed by atoms with E-state index in [0.717, 1.165) is 22.2 Å². The van der Waals surface area contributed by atoms with Gasteiger partial charge in [0, 0.05) is 37.3 Å². The minimum absolute atomic E-state index is 0.923. The molecule has 0 bridgehead atoms. The molecular weight excluding hydrogens is 567 g/mol. The van der Waals surface area contributed by atoms with E-state index >= 15 is 0 Å². The molecule has 3 heteroatoms. The van der Waals surface area contributed by atoms with Crippen molar-refractivity contribution in [3.05, 3.63) is 140 Å². The van der Waals surface area contributed by atoms with E-state index in [0.29, 0.717) is 0 Å². The Bertz CT molecular complexity index is 3010. The van der Waals surface area contributed by atoms with Crippen LogP contribution in [0.4, 0.5) is 0 Å². The molecule has 0 fully saturated rings. The molecule has 0 atom stereocenters. The summed E-state index contributed by atoms with van der Waals surface area (Å²) in [6.45, 7) is 0. The molecule has 45 heavy (non-hydrogen) atoms. The van der Waals surface area contributed by atoms with Gasteiger partial charge in [-0.3, -0.25) is 0 Å². The van der Waals surface area contributed by atoms with Crippen LogP contribution in [0.1, 0.15) is 0 Å². The van der Waals surface area contributed by atoms with Crippen molar-refractivity contribution in [3.63, 3.8) is 0 Å². The molecular formula is C42H23NOS. The average molecular weight is 590 g/mol. The van der Waals surface area contributed by atoms with Crippen LogP contribution in [0.25, 0.3) is 102 Å². The standard InChI is InChI=1S/C42H23NOS/c1-2-13-27-25(11-1)26-12-3-4-14-28(26)33-23-24(21-22-29(27)33)43-34-18-8-5-15-30(34)37-38-32-17-7-10-20-36(32)45-42(38)41-39(40(37)43)31-16-6-9-19-35(31)44-41/h1-23H. The van der Waals surface area contributed by atoms with E-state index in [2.05, 4.69) is 144 Å². The molecule has 8 aromatic carbocycles. The molecule has 0 saturated heterocycles. The number of benzene rings is 8. The number of para-hydroxylation sites is 2. The zero-order valence-corrected chi connectivity index (χ0v) is 24.9. The monoisotopic (exact) mass is 589 g/mol. The quantitative estimate of drug-likeness (QED) is 0.174. The lowest BCUT2D eigenvalue weighted by atomic mass is 9.94. The highest BCUT2D eigenvalue weighted by atomic mass is 32.1. The number of thiophene rings is 1. The molecule has 0 aliphatic carbocycles. The van der Waals surface area contributed by atoms with Crippen molar-refractivity contribution in [2.75, 3.05) is 0 Å². The van der Waals surface area contributed by atoms with E-state index in [1.54, 1.807) is 0 Å². The lowest BCUT2D eigenvalue weighted by molar-refractivity contribution is 0.673. The Morgan fingerprint density at radius 1 is 0.444 bits per heavy atom. The summed E-state index contributed by atoms with van der Waals surface area (Å²) in [5, 5.41) is 15.1. The maximum Gasteiger partial charge on any atom is 0.155 e. The van der Waals surface area contributed by atoms with Gasteiger partial charge in [-0.05, 0) is 62.6 Å². The molecule has 0 saturated carbocycles. The summed E-state index contributed by atoms with van der Waals surface area (Å²) in [5.41, 5.74) is 5.45. The number of fused-ring (bicyclic) bond motifs is 18. The Balaban J connectivity index is 1.41. The molecule has 0 radical (unpaired) electrons. The molecule has 11 rings (SSSR count). The van der Waals surface area contributed by atoms with E-state index in [4.69, 9.17) is 4.42 Å². The van der Waals surface area contributed by atoms with Crippen molar-refractivity contribution in [1.82, 2.24) is 4.57 Å². The second-order valence-electron chi connectivity index (χ2n) is 12.0. The summed E-state index contributed by atoms with van der Waals surface area (Å²) in [6.07, 6.45) is 0. The van der Waals surface area contributed by atoms with Crippen molar-refractivity contribution in [2.45, 2.75) is 0 Å². The SMILES string of the molecule is c1ccc2c(c1)oc1c3sc4ccccc4c3c3c4ccccc4n(-c4ccc5c6ccccc6c6ccccc6c5c4)c3c21. The van der Waals surface area contributed by atoms with Crippen LogP contribution in [0.15, 0.2) is 144 Å². The summed E-state index contributed by atoms with van der Waals surface area (Å²) in [6, 6.07) is 50.8. The minimum Gasteiger partial charge on any atom is -0.454 e. The predicted molar refractivity (Wildman–Crippen MR) is 193 cm³/mol. The highest BCUT2D eigenvalue weighted by Crippen LogP contribution is 2.50. The summed E-state index contributed by atoms with van der Waals surface area (Å²) in [7, 11) is 0. The van der Waals surface area contributed by atoms with Crippen molar-refractivity contribution in [2.24, 2.45) is 0 Å². The Hall–Kier alpha value is -5.64. The number of aromatic nitrogens is 1. The van der Waals surface area contributed by atoms with Gasteiger partial charge in [-0.25, -0.2) is 0 Å². The summed E-state index contributed by atoms with van der Waals surface area (Å²) in [4.78, 5) is 0. The van der Waals surface area contributed by atoms with Crippen LogP contribution in [-0.2, 0) is 0 Å². The average Bonchev–Trinajstić information content (AvgIpc) is 3.78. The fraction of sp³-hybridized carbons (Fsp3) is 0. The summed E-state index contributed by atoms with van der Waals surface area (Å²) < 4.78 is 11.8. The van der Waals surface area contributed by atoms with E-state index in [-0.39, 0.29) is 0 Å². The molecule has 208 valence electrons. The van der Waals surface area contributed by atoms with Gasteiger partial charge < -0.3 is 8.98 Å². The molecule has 0 aliphatic heterocycles. The maximum absolute atomic E-state index is 6.76. The van der Waals surface area contributed by atoms with Gasteiger partial charge in [-0.2, -0.15) is 0 Å². The zero-order chi connectivity index (χ0) is 29.2. The van der Waals surface area contributed by atoms with Crippen LogP contribution in [0.3, 0.4) is 0 Å². The van der Waals surface area contributed by atoms with Gasteiger partial charge in [0.2, 0.25) is 0 Å². The van der Waals surface area contributed by atoms with E-state index in [1.165, 1.54) is 79.7 Å². The van der Waals surface area contributed by atoms with Gasteiger partial charge >= 0.3 is 0 Å². The second kappa shape index (κ2) is 8.50. The summed E-state index contributed by atoms with van der Waals surface area (Å²) >= 11 is 1.84. The molecule has 0 amide bonds. The molecule has 2 nitrogen and oxygen atoms in total. The fourth-order valence-electron chi connectivity index (χ4n) is 7.93. The Morgan fingerprint density at radius 2 is 1.02 bits per heavy atom. The molecule has 0 N–H and O–H groups in total. The van der Waals surface area contributed by atoms with E-state index < -0.39 is 0 Å². The first-order valence-corrected chi connectivity index (χ1v) is 16.2. The van der Waals surface area contributed by atoms with E-state index in [1.807, 2.05) is 11.3 Å². The molecule has 3 aromatic heterocycles. The lowest BCUT2D eigenvalue weighted by Gasteiger charge is -2.14. The number of furan rings is 1. The van der Waals surface area contributed by atoms with Gasteiger partial charge in [0.25, 0.3) is 0 Å². The first-order chi connectivity index (χ1) is 22.3. The van der Waals surface area contributed by atoms with Gasteiger partial charge in [0.1, 0.15) is 5.58 Å². The number of rotatable bonds is 1. The largest absolute Gasteiger partial charge is 0.454 e. The molecule has 0 aliphatic rings. The molecule has 11 aromatic rings. The predicted octanol–water partition coefficient (Wildman–Crippen LogP) is 12.5. The summed E-state index contributed by atoms with van der Waals surface area (Å²) in [5.74, 6) is 0. The zero-order valence-electron chi connectivity index (χ0n) is 24.0. The molecule has 0 unspecified atom stereocenters. The third-order valence-corrected chi connectivity index (χ3v) is 10.9. The van der Waals surface area contributed by atoms with Gasteiger partial charge in [0.15, 0.2) is 5.58 Å². The molecule has 0 spiro atoms. The van der Waals surface area contributed by atoms with Crippen LogP contribution in [-0.4, -0.2) is 4.57 Å². The third-order valence-electron chi connectivity index (χ3n) is 9.74. The maximum atomic E-state index is 6.76. The number of nitrogens with zero attached hydrogens (tertiary/aromatic N) is 1. The third kappa shape index (κ3) is 2.98. The molecule has 3 heterocycles. The van der Waals surface area contributed by atoms with Crippen LogP contribution in [0.5, 0.6) is 0 Å². The minimum atomic E-state index is 0.923. The van der Waals surface area contributed by atoms with Crippen LogP contribution in [0, 0.1) is 0 Å². The second-order valence-corrected chi connectivity index (χ2v) is 13.1. The van der Waals surface area contributed by atoms with Gasteiger partial charge in [0.05, 0.1) is 21.1 Å². The van der Waals surface area contributed by atoms with Crippen molar-refractivity contribution < 1.29 is 4.42 Å². The number of hydrogen-bond acceptors (Lipinski definition) is 2. The van der Waals surface area contributed by atoms with Crippen molar-refractivity contribution in [1.29, 1.82) is 0 Å². The Labute approximate surface area is 260 Å². The fourth-order valence-corrected chi connectivity index (χ4v) is 9.12. The van der Waals surface area contributed by atoms with Crippen molar-refractivity contribution in [3.8, 4) is 5.69 Å². The van der Waals surface area contributed by atoms with Crippen molar-refractivity contribution >= 4 is 108 Å². The topological polar surface area (TPSA) is 18.1 Å². The lowest BCUT2D eigenvalue weighted by Crippen LogP contribution is -1.95. The van der Waals surface area contributed by atoms with E-state index in [9.17, 15) is 0 Å². The van der Waals surface area contributed by atoms with Crippen LogP contribution in [0.2, 0.25) is 0 Å². The first kappa shape index (κ1) is 23.8. The van der Waals surface area contributed by atoms with Gasteiger partial charge in [-0.1, -0.05) is 109 Å². The van der Waals surface area contributed by atoms with Crippen LogP contribution < -0.4 is 0 Å². The first-order valence-electron chi connectivity index (χ1n) is 15.4. The number of hydrogen-bond donors (Lipinski definition) is 0. The Morgan fingerprint density at radius 3 is 1.78 bits per heavy atom. The smallest absolute Gasteiger partial charge is 0.155 e. The van der Waals surface area contributed by atoms with Crippen LogP contribution >= 0.6 is 11.3 Å². The Kier molecular flexibility index (Phi) is 4.49. The highest BCUT2D eigenvalue weighted by Gasteiger charge is 2.25. The van der Waals surface area contributed by atoms with Gasteiger partial charge in [-0.15, -0.1) is 11.3 Å². The normalized spacial score (nSPS) is 12.4.